The molecule has 1 aliphatic rings. The van der Waals surface area contributed by atoms with E-state index in [1.54, 1.807) is 22.7 Å². The van der Waals surface area contributed by atoms with Crippen molar-refractivity contribution in [1.82, 2.24) is 4.90 Å². The summed E-state index contributed by atoms with van der Waals surface area (Å²) < 4.78 is 5.89. The van der Waals surface area contributed by atoms with Crippen molar-refractivity contribution in [1.29, 1.82) is 0 Å². The summed E-state index contributed by atoms with van der Waals surface area (Å²) >= 11 is 3.21. The first-order valence-corrected chi connectivity index (χ1v) is 8.22. The lowest BCUT2D eigenvalue weighted by molar-refractivity contribution is 0.0597. The summed E-state index contributed by atoms with van der Waals surface area (Å²) in [5.74, 6) is 1.10. The SMILES string of the molecule is O=C(c1ccsc1)N1CCC(Oc2ccsc2)CC1. The predicted octanol–water partition coefficient (Wildman–Crippen LogP) is 3.49. The molecule has 1 saturated heterocycles. The van der Waals surface area contributed by atoms with Gasteiger partial charge < -0.3 is 9.64 Å². The molecule has 0 bridgehead atoms. The topological polar surface area (TPSA) is 29.5 Å². The van der Waals surface area contributed by atoms with Gasteiger partial charge >= 0.3 is 0 Å². The van der Waals surface area contributed by atoms with Gasteiger partial charge in [-0.1, -0.05) is 0 Å². The molecule has 1 amide bonds. The zero-order chi connectivity index (χ0) is 13.1. The van der Waals surface area contributed by atoms with E-state index in [1.165, 1.54) is 0 Å². The minimum atomic E-state index is 0.148. The first kappa shape index (κ1) is 12.7. The van der Waals surface area contributed by atoms with E-state index in [-0.39, 0.29) is 12.0 Å². The summed E-state index contributed by atoms with van der Waals surface area (Å²) in [5.41, 5.74) is 0.808. The molecule has 0 saturated carbocycles. The zero-order valence-electron chi connectivity index (χ0n) is 10.5. The van der Waals surface area contributed by atoms with Crippen LogP contribution in [0.1, 0.15) is 23.2 Å². The Hall–Kier alpha value is -1.33. The Morgan fingerprint density at radius 1 is 1.16 bits per heavy atom. The van der Waals surface area contributed by atoms with Crippen LogP contribution < -0.4 is 4.74 Å². The second-order valence-electron chi connectivity index (χ2n) is 4.58. The van der Waals surface area contributed by atoms with Crippen LogP contribution in [-0.4, -0.2) is 30.0 Å². The van der Waals surface area contributed by atoms with Gasteiger partial charge in [0.05, 0.1) is 5.56 Å². The van der Waals surface area contributed by atoms with E-state index in [4.69, 9.17) is 4.74 Å². The van der Waals surface area contributed by atoms with E-state index in [0.29, 0.717) is 0 Å². The summed E-state index contributed by atoms with van der Waals surface area (Å²) in [6.07, 6.45) is 2.05. The molecule has 0 unspecified atom stereocenters. The molecular weight excluding hydrogens is 278 g/mol. The highest BCUT2D eigenvalue weighted by molar-refractivity contribution is 7.08. The van der Waals surface area contributed by atoms with Crippen molar-refractivity contribution >= 4 is 28.6 Å². The van der Waals surface area contributed by atoms with Crippen LogP contribution >= 0.6 is 22.7 Å². The molecule has 0 aliphatic carbocycles. The number of carbonyl (C=O) groups excluding carboxylic acids is 1. The van der Waals surface area contributed by atoms with E-state index in [0.717, 1.165) is 37.2 Å². The van der Waals surface area contributed by atoms with Gasteiger partial charge in [0.2, 0.25) is 0 Å². The number of piperidine rings is 1. The van der Waals surface area contributed by atoms with Crippen LogP contribution in [-0.2, 0) is 0 Å². The van der Waals surface area contributed by atoms with E-state index in [2.05, 4.69) is 0 Å². The average molecular weight is 293 g/mol. The Morgan fingerprint density at radius 2 is 1.89 bits per heavy atom. The maximum Gasteiger partial charge on any atom is 0.254 e. The fourth-order valence-corrected chi connectivity index (χ4v) is 3.45. The van der Waals surface area contributed by atoms with Gasteiger partial charge in [-0.25, -0.2) is 0 Å². The summed E-state index contributed by atoms with van der Waals surface area (Å²) in [5, 5.41) is 7.89. The molecule has 100 valence electrons. The Kier molecular flexibility index (Phi) is 3.84. The molecule has 3 heterocycles. The molecule has 0 radical (unpaired) electrons. The molecule has 3 rings (SSSR count). The fraction of sp³-hybridized carbons (Fsp3) is 0.357. The summed E-state index contributed by atoms with van der Waals surface area (Å²) in [6.45, 7) is 1.56. The van der Waals surface area contributed by atoms with Crippen molar-refractivity contribution < 1.29 is 9.53 Å². The molecular formula is C14H15NO2S2. The minimum Gasteiger partial charge on any atom is -0.489 e. The lowest BCUT2D eigenvalue weighted by Gasteiger charge is -2.31. The normalized spacial score (nSPS) is 16.5. The smallest absolute Gasteiger partial charge is 0.254 e. The van der Waals surface area contributed by atoms with Crippen molar-refractivity contribution in [3.05, 3.63) is 39.2 Å². The molecule has 19 heavy (non-hydrogen) atoms. The standard InChI is InChI=1S/C14H15NO2S2/c16-14(11-3-7-18-9-11)15-5-1-12(2-6-15)17-13-4-8-19-10-13/h3-4,7-10,12H,1-2,5-6H2. The van der Waals surface area contributed by atoms with Crippen LogP contribution in [0, 0.1) is 0 Å². The van der Waals surface area contributed by atoms with Gasteiger partial charge in [-0.3, -0.25) is 4.79 Å². The van der Waals surface area contributed by atoms with Crippen LogP contribution in [0.4, 0.5) is 0 Å². The highest BCUT2D eigenvalue weighted by atomic mass is 32.1. The second kappa shape index (κ2) is 5.75. The van der Waals surface area contributed by atoms with Crippen LogP contribution in [0.15, 0.2) is 33.7 Å². The molecule has 5 heteroatoms. The number of likely N-dealkylation sites (tertiary alicyclic amines) is 1. The van der Waals surface area contributed by atoms with Crippen molar-refractivity contribution in [2.75, 3.05) is 13.1 Å². The lowest BCUT2D eigenvalue weighted by atomic mass is 10.1. The Morgan fingerprint density at radius 3 is 2.53 bits per heavy atom. The quantitative estimate of drug-likeness (QED) is 0.867. The van der Waals surface area contributed by atoms with Gasteiger partial charge in [-0.15, -0.1) is 11.3 Å². The first-order valence-electron chi connectivity index (χ1n) is 6.33. The largest absolute Gasteiger partial charge is 0.489 e. The van der Waals surface area contributed by atoms with Crippen molar-refractivity contribution in [3.63, 3.8) is 0 Å². The highest BCUT2D eigenvalue weighted by Crippen LogP contribution is 2.22. The number of rotatable bonds is 3. The van der Waals surface area contributed by atoms with Crippen molar-refractivity contribution in [2.24, 2.45) is 0 Å². The van der Waals surface area contributed by atoms with Gasteiger partial charge in [0.25, 0.3) is 5.91 Å². The van der Waals surface area contributed by atoms with Crippen LogP contribution in [0.5, 0.6) is 5.75 Å². The van der Waals surface area contributed by atoms with Gasteiger partial charge in [0.15, 0.2) is 0 Å². The maximum absolute atomic E-state index is 12.2. The van der Waals surface area contributed by atoms with Crippen LogP contribution in [0.25, 0.3) is 0 Å². The van der Waals surface area contributed by atoms with E-state index in [9.17, 15) is 4.79 Å². The molecule has 0 spiro atoms. The highest BCUT2D eigenvalue weighted by Gasteiger charge is 2.24. The number of nitrogens with zero attached hydrogens (tertiary/aromatic N) is 1. The molecule has 0 N–H and O–H groups in total. The van der Waals surface area contributed by atoms with E-state index < -0.39 is 0 Å². The van der Waals surface area contributed by atoms with Gasteiger partial charge in [0.1, 0.15) is 11.9 Å². The van der Waals surface area contributed by atoms with E-state index >= 15 is 0 Å². The molecule has 1 aliphatic heterocycles. The van der Waals surface area contributed by atoms with Crippen LogP contribution in [0.2, 0.25) is 0 Å². The molecule has 2 aromatic heterocycles. The monoisotopic (exact) mass is 293 g/mol. The Labute approximate surface area is 120 Å². The van der Waals surface area contributed by atoms with Crippen LogP contribution in [0.3, 0.4) is 0 Å². The number of ether oxygens (including phenoxy) is 1. The number of carbonyl (C=O) groups is 1. The Balaban J connectivity index is 1.53. The third kappa shape index (κ3) is 2.98. The molecule has 2 aromatic rings. The fourth-order valence-electron chi connectivity index (χ4n) is 2.26. The second-order valence-corrected chi connectivity index (χ2v) is 6.14. The third-order valence-electron chi connectivity index (χ3n) is 3.30. The van der Waals surface area contributed by atoms with Crippen molar-refractivity contribution in [3.8, 4) is 5.75 Å². The zero-order valence-corrected chi connectivity index (χ0v) is 12.1. The number of amides is 1. The lowest BCUT2D eigenvalue weighted by Crippen LogP contribution is -2.41. The van der Waals surface area contributed by atoms with Crippen molar-refractivity contribution in [2.45, 2.75) is 18.9 Å². The minimum absolute atomic E-state index is 0.148. The van der Waals surface area contributed by atoms with Gasteiger partial charge in [0, 0.05) is 36.7 Å². The van der Waals surface area contributed by atoms with Gasteiger partial charge in [-0.2, -0.15) is 11.3 Å². The number of hydrogen-bond acceptors (Lipinski definition) is 4. The molecule has 0 aromatic carbocycles. The maximum atomic E-state index is 12.2. The Bertz CT molecular complexity index is 514. The number of hydrogen-bond donors (Lipinski definition) is 0. The summed E-state index contributed by atoms with van der Waals surface area (Å²) in [7, 11) is 0. The first-order chi connectivity index (χ1) is 9.33. The number of thiophene rings is 2. The predicted molar refractivity (Wildman–Crippen MR) is 78.2 cm³/mol. The molecule has 3 nitrogen and oxygen atoms in total. The average Bonchev–Trinajstić information content (AvgIpc) is 3.12. The third-order valence-corrected chi connectivity index (χ3v) is 4.64. The summed E-state index contributed by atoms with van der Waals surface area (Å²) in [6, 6.07) is 3.88. The molecule has 0 atom stereocenters. The van der Waals surface area contributed by atoms with Gasteiger partial charge in [-0.05, 0) is 22.9 Å². The summed E-state index contributed by atoms with van der Waals surface area (Å²) in [4.78, 5) is 14.1. The molecule has 1 fully saturated rings. The van der Waals surface area contributed by atoms with E-state index in [1.807, 2.05) is 38.6 Å².